The fraction of sp³-hybridized carbons (Fsp3) is 0.310. The molecule has 1 unspecified atom stereocenters. The lowest BCUT2D eigenvalue weighted by Crippen LogP contribution is -2.52. The molecular weight excluding hydrogens is 522 g/mol. The Hall–Kier alpha value is -3.36. The Balaban J connectivity index is 2.07. The van der Waals surface area contributed by atoms with Crippen molar-refractivity contribution in [3.8, 4) is 0 Å². The Morgan fingerprint density at radius 3 is 2.08 bits per heavy atom. The maximum absolute atomic E-state index is 14.0. The molecule has 0 aliphatic carbocycles. The standard InChI is InChI=1S/C29H34ClN3O4S/c1-5-27(29(35)31-6-2)32(19-23-12-14-24(30)15-13-23)28(34)20-33(25-17-21(3)16-22(4)18-25)38(36,37)26-10-8-7-9-11-26/h7-18,27H,5-6,19-20H2,1-4H3,(H,31,35). The van der Waals surface area contributed by atoms with E-state index < -0.39 is 28.5 Å². The summed E-state index contributed by atoms with van der Waals surface area (Å²) in [4.78, 5) is 28.5. The summed E-state index contributed by atoms with van der Waals surface area (Å²) in [5, 5.41) is 3.35. The number of sulfonamides is 1. The summed E-state index contributed by atoms with van der Waals surface area (Å²) in [6.07, 6.45) is 0.361. The van der Waals surface area contributed by atoms with Gasteiger partial charge in [-0.3, -0.25) is 13.9 Å². The van der Waals surface area contributed by atoms with Crippen molar-refractivity contribution in [2.24, 2.45) is 0 Å². The summed E-state index contributed by atoms with van der Waals surface area (Å²) in [7, 11) is -4.09. The number of hydrogen-bond donors (Lipinski definition) is 1. The SMILES string of the molecule is CCNC(=O)C(CC)N(Cc1ccc(Cl)cc1)C(=O)CN(c1cc(C)cc(C)c1)S(=O)(=O)c1ccccc1. The van der Waals surface area contributed by atoms with Crippen LogP contribution in [0.25, 0.3) is 0 Å². The number of likely N-dealkylation sites (N-methyl/N-ethyl adjacent to an activating group) is 1. The Morgan fingerprint density at radius 2 is 1.53 bits per heavy atom. The average molecular weight is 556 g/mol. The molecule has 38 heavy (non-hydrogen) atoms. The van der Waals surface area contributed by atoms with E-state index in [1.165, 1.54) is 17.0 Å². The second-order valence-electron chi connectivity index (χ2n) is 9.14. The van der Waals surface area contributed by atoms with E-state index in [1.807, 2.05) is 33.8 Å². The Labute approximate surface area is 230 Å². The predicted octanol–water partition coefficient (Wildman–Crippen LogP) is 5.10. The first kappa shape index (κ1) is 29.2. The van der Waals surface area contributed by atoms with Gasteiger partial charge in [0.2, 0.25) is 11.8 Å². The van der Waals surface area contributed by atoms with Gasteiger partial charge in [0, 0.05) is 18.1 Å². The van der Waals surface area contributed by atoms with Crippen LogP contribution in [-0.4, -0.2) is 44.3 Å². The van der Waals surface area contributed by atoms with Gasteiger partial charge in [-0.05, 0) is 80.3 Å². The van der Waals surface area contributed by atoms with E-state index in [1.54, 1.807) is 54.6 Å². The molecule has 1 atom stereocenters. The molecule has 0 saturated heterocycles. The van der Waals surface area contributed by atoms with Crippen molar-refractivity contribution in [3.05, 3.63) is 94.5 Å². The number of hydrogen-bond acceptors (Lipinski definition) is 4. The number of amides is 2. The van der Waals surface area contributed by atoms with Crippen molar-refractivity contribution < 1.29 is 18.0 Å². The Bertz CT molecular complexity index is 1340. The second kappa shape index (κ2) is 12.9. The van der Waals surface area contributed by atoms with Gasteiger partial charge >= 0.3 is 0 Å². The van der Waals surface area contributed by atoms with Crippen molar-refractivity contribution >= 4 is 39.1 Å². The highest BCUT2D eigenvalue weighted by molar-refractivity contribution is 7.92. The van der Waals surface area contributed by atoms with Gasteiger partial charge in [-0.15, -0.1) is 0 Å². The lowest BCUT2D eigenvalue weighted by Gasteiger charge is -2.33. The molecule has 0 aromatic heterocycles. The van der Waals surface area contributed by atoms with Crippen LogP contribution in [0.1, 0.15) is 37.0 Å². The normalized spacial score (nSPS) is 12.0. The first-order valence-corrected chi connectivity index (χ1v) is 14.4. The third kappa shape index (κ3) is 7.14. The van der Waals surface area contributed by atoms with Crippen LogP contribution in [0.5, 0.6) is 0 Å². The number of anilines is 1. The van der Waals surface area contributed by atoms with E-state index in [9.17, 15) is 18.0 Å². The molecule has 3 aromatic rings. The highest BCUT2D eigenvalue weighted by Gasteiger charge is 2.33. The molecule has 2 amide bonds. The summed E-state index contributed by atoms with van der Waals surface area (Å²) in [5.74, 6) is -0.780. The maximum atomic E-state index is 14.0. The van der Waals surface area contributed by atoms with Crippen LogP contribution in [0.2, 0.25) is 5.02 Å². The van der Waals surface area contributed by atoms with Crippen LogP contribution in [0.15, 0.2) is 77.7 Å². The molecular formula is C29H34ClN3O4S. The molecule has 202 valence electrons. The van der Waals surface area contributed by atoms with Gasteiger partial charge in [0.25, 0.3) is 10.0 Å². The van der Waals surface area contributed by atoms with Crippen molar-refractivity contribution in [1.82, 2.24) is 10.2 Å². The van der Waals surface area contributed by atoms with E-state index in [0.29, 0.717) is 23.7 Å². The summed E-state index contributed by atoms with van der Waals surface area (Å²) in [6.45, 7) is 7.45. The summed E-state index contributed by atoms with van der Waals surface area (Å²) < 4.78 is 28.8. The highest BCUT2D eigenvalue weighted by Crippen LogP contribution is 2.27. The fourth-order valence-electron chi connectivity index (χ4n) is 4.34. The minimum absolute atomic E-state index is 0.0759. The van der Waals surface area contributed by atoms with Crippen molar-refractivity contribution in [3.63, 3.8) is 0 Å². The van der Waals surface area contributed by atoms with Crippen LogP contribution in [0.3, 0.4) is 0 Å². The molecule has 0 spiro atoms. The summed E-state index contributed by atoms with van der Waals surface area (Å²) in [5.41, 5.74) is 2.89. The zero-order chi connectivity index (χ0) is 27.9. The molecule has 9 heteroatoms. The Kier molecular flexibility index (Phi) is 9.94. The van der Waals surface area contributed by atoms with Crippen LogP contribution in [0.4, 0.5) is 5.69 Å². The van der Waals surface area contributed by atoms with Crippen molar-refractivity contribution in [2.45, 2.75) is 51.6 Å². The van der Waals surface area contributed by atoms with Crippen molar-refractivity contribution in [2.75, 3.05) is 17.4 Å². The third-order valence-electron chi connectivity index (χ3n) is 6.11. The van der Waals surface area contributed by atoms with Crippen molar-refractivity contribution in [1.29, 1.82) is 0 Å². The number of carbonyl (C=O) groups is 2. The lowest BCUT2D eigenvalue weighted by molar-refractivity contribution is -0.140. The molecule has 0 fully saturated rings. The van der Waals surface area contributed by atoms with E-state index in [2.05, 4.69) is 5.32 Å². The molecule has 0 saturated carbocycles. The predicted molar refractivity (Wildman–Crippen MR) is 152 cm³/mol. The zero-order valence-electron chi connectivity index (χ0n) is 22.1. The number of nitrogens with one attached hydrogen (secondary N) is 1. The lowest BCUT2D eigenvalue weighted by atomic mass is 10.1. The molecule has 1 N–H and O–H groups in total. The maximum Gasteiger partial charge on any atom is 0.264 e. The third-order valence-corrected chi connectivity index (χ3v) is 8.15. The molecule has 3 rings (SSSR count). The average Bonchev–Trinajstić information content (AvgIpc) is 2.88. The molecule has 7 nitrogen and oxygen atoms in total. The number of benzene rings is 3. The van der Waals surface area contributed by atoms with E-state index in [4.69, 9.17) is 11.6 Å². The topological polar surface area (TPSA) is 86.8 Å². The van der Waals surface area contributed by atoms with Gasteiger partial charge in [0.1, 0.15) is 12.6 Å². The highest BCUT2D eigenvalue weighted by atomic mass is 35.5. The van der Waals surface area contributed by atoms with Gasteiger partial charge in [-0.1, -0.05) is 54.9 Å². The van der Waals surface area contributed by atoms with Gasteiger partial charge in [-0.25, -0.2) is 8.42 Å². The van der Waals surface area contributed by atoms with Gasteiger partial charge < -0.3 is 10.2 Å². The van der Waals surface area contributed by atoms with Crippen LogP contribution < -0.4 is 9.62 Å². The zero-order valence-corrected chi connectivity index (χ0v) is 23.7. The summed E-state index contributed by atoms with van der Waals surface area (Å²) in [6, 6.07) is 19.7. The van der Waals surface area contributed by atoms with E-state index in [0.717, 1.165) is 21.0 Å². The largest absolute Gasteiger partial charge is 0.355 e. The van der Waals surface area contributed by atoms with Gasteiger partial charge in [0.15, 0.2) is 0 Å². The van der Waals surface area contributed by atoms with Gasteiger partial charge in [0.05, 0.1) is 10.6 Å². The minimum Gasteiger partial charge on any atom is -0.355 e. The number of halogens is 1. The first-order valence-electron chi connectivity index (χ1n) is 12.5. The molecule has 0 heterocycles. The molecule has 0 aliphatic heterocycles. The number of rotatable bonds is 11. The number of carbonyl (C=O) groups excluding carboxylic acids is 2. The van der Waals surface area contributed by atoms with Crippen LogP contribution >= 0.6 is 11.6 Å². The first-order chi connectivity index (χ1) is 18.1. The minimum atomic E-state index is -4.09. The van der Waals surface area contributed by atoms with E-state index in [-0.39, 0.29) is 17.3 Å². The van der Waals surface area contributed by atoms with Gasteiger partial charge in [-0.2, -0.15) is 0 Å². The monoisotopic (exact) mass is 555 g/mol. The second-order valence-corrected chi connectivity index (χ2v) is 11.4. The molecule has 3 aromatic carbocycles. The smallest absolute Gasteiger partial charge is 0.264 e. The number of aryl methyl sites for hydroxylation is 2. The molecule has 0 radical (unpaired) electrons. The Morgan fingerprint density at radius 1 is 0.921 bits per heavy atom. The number of nitrogens with zero attached hydrogens (tertiary/aromatic N) is 2. The molecule has 0 bridgehead atoms. The van der Waals surface area contributed by atoms with Crippen LogP contribution in [0, 0.1) is 13.8 Å². The quantitative estimate of drug-likeness (QED) is 0.357. The fourth-order valence-corrected chi connectivity index (χ4v) is 5.89. The van der Waals surface area contributed by atoms with Crippen LogP contribution in [-0.2, 0) is 26.2 Å². The molecule has 0 aliphatic rings. The van der Waals surface area contributed by atoms with E-state index >= 15 is 0 Å². The summed E-state index contributed by atoms with van der Waals surface area (Å²) >= 11 is 6.04.